The molecule has 1 aliphatic rings. The Morgan fingerprint density at radius 2 is 2.46 bits per heavy atom. The fourth-order valence-electron chi connectivity index (χ4n) is 1.52. The van der Waals surface area contributed by atoms with Crippen LogP contribution in [0, 0.1) is 5.41 Å². The van der Waals surface area contributed by atoms with Crippen LogP contribution in [0.2, 0.25) is 0 Å². The number of likely N-dealkylation sites (tertiary alicyclic amines) is 1. The average Bonchev–Trinajstić information content (AvgIpc) is 2.54. The van der Waals surface area contributed by atoms with Crippen molar-refractivity contribution < 1.29 is 0 Å². The van der Waals surface area contributed by atoms with Crippen molar-refractivity contribution in [3.8, 4) is 0 Å². The second-order valence-electron chi connectivity index (χ2n) is 3.19. The van der Waals surface area contributed by atoms with Crippen molar-refractivity contribution in [1.82, 2.24) is 15.1 Å². The van der Waals surface area contributed by atoms with Crippen LogP contribution in [0.3, 0.4) is 0 Å². The van der Waals surface area contributed by atoms with E-state index in [1.165, 1.54) is 0 Å². The minimum absolute atomic E-state index is 0.727. The van der Waals surface area contributed by atoms with Gasteiger partial charge in [0.1, 0.15) is 0 Å². The third-order valence-corrected chi connectivity index (χ3v) is 2.20. The van der Waals surface area contributed by atoms with E-state index in [2.05, 4.69) is 10.2 Å². The number of aromatic nitrogens is 2. The zero-order valence-electron chi connectivity index (χ0n) is 7.40. The van der Waals surface area contributed by atoms with Crippen molar-refractivity contribution in [2.24, 2.45) is 0 Å². The summed E-state index contributed by atoms with van der Waals surface area (Å²) >= 11 is 0. The lowest BCUT2D eigenvalue weighted by Crippen LogP contribution is -2.23. The summed E-state index contributed by atoms with van der Waals surface area (Å²) in [5, 5.41) is 15.4. The lowest BCUT2D eigenvalue weighted by atomic mass is 10.3. The summed E-state index contributed by atoms with van der Waals surface area (Å²) in [5.41, 5.74) is 0.939. The second-order valence-corrected chi connectivity index (χ2v) is 3.19. The number of nitrogens with one attached hydrogen (secondary N) is 1. The highest BCUT2D eigenvalue weighted by Gasteiger charge is 2.16. The predicted molar refractivity (Wildman–Crippen MR) is 49.4 cm³/mol. The van der Waals surface area contributed by atoms with Crippen molar-refractivity contribution in [3.63, 3.8) is 0 Å². The summed E-state index contributed by atoms with van der Waals surface area (Å²) in [5.74, 6) is 0.727. The molecule has 13 heavy (non-hydrogen) atoms. The lowest BCUT2D eigenvalue weighted by Gasteiger charge is -2.16. The van der Waals surface area contributed by atoms with Crippen LogP contribution in [0.25, 0.3) is 0 Å². The Hall–Kier alpha value is -1.45. The Kier molecular flexibility index (Phi) is 2.21. The summed E-state index contributed by atoms with van der Waals surface area (Å²) in [7, 11) is 0. The maximum atomic E-state index is 7.63. The first-order chi connectivity index (χ1) is 6.36. The van der Waals surface area contributed by atoms with Crippen molar-refractivity contribution in [1.29, 1.82) is 5.41 Å². The molecular formula is C9H12N4. The Balaban J connectivity index is 2.02. The van der Waals surface area contributed by atoms with E-state index in [1.54, 1.807) is 6.20 Å². The maximum Gasteiger partial charge on any atom is 0.0961 e. The molecule has 1 aromatic heterocycles. The smallest absolute Gasteiger partial charge is 0.0961 e. The summed E-state index contributed by atoms with van der Waals surface area (Å²) in [6.07, 6.45) is 3.66. The van der Waals surface area contributed by atoms with Gasteiger partial charge in [-0.2, -0.15) is 10.2 Å². The Morgan fingerprint density at radius 1 is 1.54 bits per heavy atom. The third kappa shape index (κ3) is 1.83. The number of rotatable bonds is 2. The quantitative estimate of drug-likeness (QED) is 0.732. The molecule has 0 unspecified atom stereocenters. The molecule has 1 N–H and O–H groups in total. The SMILES string of the molecule is N=C1CCCN1Cc1cccnn1. The van der Waals surface area contributed by atoms with E-state index in [4.69, 9.17) is 5.41 Å². The van der Waals surface area contributed by atoms with E-state index in [1.807, 2.05) is 17.0 Å². The van der Waals surface area contributed by atoms with Gasteiger partial charge in [0.15, 0.2) is 0 Å². The third-order valence-electron chi connectivity index (χ3n) is 2.20. The monoisotopic (exact) mass is 176 g/mol. The Morgan fingerprint density at radius 3 is 3.08 bits per heavy atom. The first-order valence-electron chi connectivity index (χ1n) is 4.45. The van der Waals surface area contributed by atoms with Gasteiger partial charge in [-0.3, -0.25) is 5.41 Å². The minimum Gasteiger partial charge on any atom is -0.355 e. The Bertz CT molecular complexity index is 296. The topological polar surface area (TPSA) is 52.9 Å². The van der Waals surface area contributed by atoms with Crippen LogP contribution in [0.5, 0.6) is 0 Å². The van der Waals surface area contributed by atoms with Gasteiger partial charge >= 0.3 is 0 Å². The highest BCUT2D eigenvalue weighted by Crippen LogP contribution is 2.12. The van der Waals surface area contributed by atoms with Crippen LogP contribution in [0.15, 0.2) is 18.3 Å². The Labute approximate surface area is 77.1 Å². The molecule has 1 aliphatic heterocycles. The lowest BCUT2D eigenvalue weighted by molar-refractivity contribution is 0.437. The van der Waals surface area contributed by atoms with Gasteiger partial charge in [-0.25, -0.2) is 0 Å². The first-order valence-corrected chi connectivity index (χ1v) is 4.45. The fraction of sp³-hybridized carbons (Fsp3) is 0.444. The number of amidine groups is 1. The molecule has 2 heterocycles. The van der Waals surface area contributed by atoms with E-state index in [9.17, 15) is 0 Å². The molecule has 1 fully saturated rings. The van der Waals surface area contributed by atoms with Gasteiger partial charge in [0, 0.05) is 19.2 Å². The van der Waals surface area contributed by atoms with Gasteiger partial charge < -0.3 is 4.90 Å². The van der Waals surface area contributed by atoms with Crippen molar-refractivity contribution in [2.45, 2.75) is 19.4 Å². The number of hydrogen-bond donors (Lipinski definition) is 1. The zero-order valence-corrected chi connectivity index (χ0v) is 7.40. The molecule has 0 aromatic carbocycles. The van der Waals surface area contributed by atoms with Crippen molar-refractivity contribution in [2.75, 3.05) is 6.54 Å². The molecule has 0 radical (unpaired) electrons. The van der Waals surface area contributed by atoms with Gasteiger partial charge in [-0.1, -0.05) is 0 Å². The molecule has 4 heteroatoms. The molecule has 0 atom stereocenters. The average molecular weight is 176 g/mol. The molecule has 0 amide bonds. The molecule has 68 valence electrons. The van der Waals surface area contributed by atoms with E-state index in [0.717, 1.165) is 37.5 Å². The number of nitrogens with zero attached hydrogens (tertiary/aromatic N) is 3. The molecule has 1 aromatic rings. The zero-order chi connectivity index (χ0) is 9.10. The summed E-state index contributed by atoms with van der Waals surface area (Å²) in [6.45, 7) is 1.71. The van der Waals surface area contributed by atoms with E-state index < -0.39 is 0 Å². The summed E-state index contributed by atoms with van der Waals surface area (Å²) in [6, 6.07) is 3.82. The van der Waals surface area contributed by atoms with Gasteiger partial charge in [0.25, 0.3) is 0 Å². The standard InChI is InChI=1S/C9H12N4/c10-9-4-2-6-13(9)7-8-3-1-5-11-12-8/h1,3,5,10H,2,4,6-7H2. The first kappa shape index (κ1) is 8.16. The van der Waals surface area contributed by atoms with E-state index in [-0.39, 0.29) is 0 Å². The normalized spacial score (nSPS) is 16.6. The maximum absolute atomic E-state index is 7.63. The van der Waals surface area contributed by atoms with E-state index in [0.29, 0.717) is 0 Å². The molecule has 1 saturated heterocycles. The van der Waals surface area contributed by atoms with Crippen LogP contribution in [0.4, 0.5) is 0 Å². The predicted octanol–water partition coefficient (Wildman–Crippen LogP) is 1.05. The highest BCUT2D eigenvalue weighted by molar-refractivity contribution is 5.80. The van der Waals surface area contributed by atoms with Gasteiger partial charge in [-0.15, -0.1) is 0 Å². The van der Waals surface area contributed by atoms with Crippen molar-refractivity contribution >= 4 is 5.84 Å². The highest BCUT2D eigenvalue weighted by atomic mass is 15.2. The molecule has 0 bridgehead atoms. The van der Waals surface area contributed by atoms with Crippen molar-refractivity contribution in [3.05, 3.63) is 24.0 Å². The summed E-state index contributed by atoms with van der Waals surface area (Å²) < 4.78 is 0. The largest absolute Gasteiger partial charge is 0.355 e. The van der Waals surface area contributed by atoms with Crippen LogP contribution < -0.4 is 0 Å². The fourth-order valence-corrected chi connectivity index (χ4v) is 1.52. The van der Waals surface area contributed by atoms with Gasteiger partial charge in [0.2, 0.25) is 0 Å². The van der Waals surface area contributed by atoms with Gasteiger partial charge in [0.05, 0.1) is 18.1 Å². The van der Waals surface area contributed by atoms with Crippen LogP contribution in [-0.4, -0.2) is 27.5 Å². The van der Waals surface area contributed by atoms with E-state index >= 15 is 0 Å². The minimum atomic E-state index is 0.727. The van der Waals surface area contributed by atoms with Crippen LogP contribution in [-0.2, 0) is 6.54 Å². The number of hydrogen-bond acceptors (Lipinski definition) is 3. The molecule has 4 nitrogen and oxygen atoms in total. The molecular weight excluding hydrogens is 164 g/mol. The molecule has 0 aliphatic carbocycles. The second kappa shape index (κ2) is 3.51. The van der Waals surface area contributed by atoms with Crippen LogP contribution in [0.1, 0.15) is 18.5 Å². The van der Waals surface area contributed by atoms with Gasteiger partial charge in [-0.05, 0) is 18.6 Å². The molecule has 0 spiro atoms. The molecule has 0 saturated carbocycles. The van der Waals surface area contributed by atoms with Crippen LogP contribution >= 0.6 is 0 Å². The summed E-state index contributed by atoms with van der Waals surface area (Å²) in [4.78, 5) is 2.05. The molecule has 2 rings (SSSR count).